The molecule has 0 unspecified atom stereocenters. The molecule has 0 spiro atoms. The van der Waals surface area contributed by atoms with Crippen molar-refractivity contribution in [3.63, 3.8) is 0 Å². The van der Waals surface area contributed by atoms with E-state index in [1.54, 1.807) is 19.3 Å². The van der Waals surface area contributed by atoms with Gasteiger partial charge >= 0.3 is 0 Å². The number of hydrogen-bond donors (Lipinski definition) is 1. The first kappa shape index (κ1) is 10.6. The Kier molecular flexibility index (Phi) is 2.81. The number of aromatic nitrogens is 1. The lowest BCUT2D eigenvalue weighted by atomic mass is 10.1. The number of benzene rings is 1. The molecule has 0 aliphatic heterocycles. The molecule has 1 heterocycles. The third-order valence-electron chi connectivity index (χ3n) is 2.12. The zero-order chi connectivity index (χ0) is 9.42. The van der Waals surface area contributed by atoms with Crippen LogP contribution < -0.4 is 11.3 Å². The number of anilines is 1. The van der Waals surface area contributed by atoms with E-state index in [1.807, 2.05) is 18.2 Å². The van der Waals surface area contributed by atoms with Crippen LogP contribution in [-0.4, -0.2) is 4.57 Å². The molecule has 0 fully saturated rings. The van der Waals surface area contributed by atoms with E-state index in [-0.39, 0.29) is 18.0 Å². The maximum absolute atomic E-state index is 11.6. The van der Waals surface area contributed by atoms with Gasteiger partial charge in [0.05, 0.1) is 5.69 Å². The number of aryl methyl sites for hydroxylation is 1. The quantitative estimate of drug-likeness (QED) is 0.717. The number of nitrogen functional groups attached to an aromatic ring is 1. The van der Waals surface area contributed by atoms with Gasteiger partial charge < -0.3 is 10.3 Å². The Morgan fingerprint density at radius 3 is 2.43 bits per heavy atom. The number of fused-ring (bicyclic) bond motifs is 1. The fourth-order valence-electron chi connectivity index (χ4n) is 1.45. The highest BCUT2D eigenvalue weighted by molar-refractivity contribution is 5.91. The molecule has 0 aliphatic rings. The lowest BCUT2D eigenvalue weighted by molar-refractivity contribution is 0.875. The molecule has 2 aromatic rings. The highest BCUT2D eigenvalue weighted by Gasteiger charge is 2.02. The summed E-state index contributed by atoms with van der Waals surface area (Å²) in [5.41, 5.74) is 6.39. The summed E-state index contributed by atoms with van der Waals surface area (Å²) in [4.78, 5) is 11.6. The monoisotopic (exact) mass is 210 g/mol. The van der Waals surface area contributed by atoms with E-state index in [2.05, 4.69) is 0 Å². The van der Waals surface area contributed by atoms with E-state index >= 15 is 0 Å². The molecule has 2 rings (SSSR count). The molecule has 0 radical (unpaired) electrons. The summed E-state index contributed by atoms with van der Waals surface area (Å²) in [6.07, 6.45) is 1.64. The molecular formula is C10H11ClN2O. The number of halogens is 1. The number of nitrogens with zero attached hydrogens (tertiary/aromatic N) is 1. The van der Waals surface area contributed by atoms with Gasteiger partial charge in [0.2, 0.25) is 0 Å². The number of nitrogens with two attached hydrogens (primary N) is 1. The summed E-state index contributed by atoms with van der Waals surface area (Å²) >= 11 is 0. The van der Waals surface area contributed by atoms with Crippen LogP contribution in [0.1, 0.15) is 0 Å². The molecular weight excluding hydrogens is 200 g/mol. The Bertz CT molecular complexity index is 519. The molecule has 1 aromatic carbocycles. The van der Waals surface area contributed by atoms with Crippen LogP contribution >= 0.6 is 12.4 Å². The fraction of sp³-hybridized carbons (Fsp3) is 0.100. The Morgan fingerprint density at radius 2 is 1.79 bits per heavy atom. The van der Waals surface area contributed by atoms with E-state index in [9.17, 15) is 4.79 Å². The topological polar surface area (TPSA) is 48.0 Å². The molecule has 0 saturated carbocycles. The Morgan fingerprint density at radius 1 is 1.21 bits per heavy atom. The summed E-state index contributed by atoms with van der Waals surface area (Å²) in [5, 5.41) is 1.50. The predicted molar refractivity (Wildman–Crippen MR) is 60.8 cm³/mol. The summed E-state index contributed by atoms with van der Waals surface area (Å²) in [6.45, 7) is 0. The highest BCUT2D eigenvalue weighted by Crippen LogP contribution is 2.15. The van der Waals surface area contributed by atoms with Crippen molar-refractivity contribution in [1.29, 1.82) is 0 Å². The third kappa shape index (κ3) is 1.46. The number of rotatable bonds is 0. The molecule has 0 bridgehead atoms. The van der Waals surface area contributed by atoms with Crippen LogP contribution in [0, 0.1) is 0 Å². The minimum Gasteiger partial charge on any atom is -0.397 e. The minimum absolute atomic E-state index is 0. The third-order valence-corrected chi connectivity index (χ3v) is 2.12. The first-order valence-electron chi connectivity index (χ1n) is 4.04. The maximum Gasteiger partial charge on any atom is 0.258 e. The fourth-order valence-corrected chi connectivity index (χ4v) is 1.45. The molecule has 74 valence electrons. The highest BCUT2D eigenvalue weighted by atomic mass is 35.5. The lowest BCUT2D eigenvalue weighted by Crippen LogP contribution is -2.16. The van der Waals surface area contributed by atoms with Crippen molar-refractivity contribution in [1.82, 2.24) is 4.57 Å². The molecule has 0 aliphatic carbocycles. The SMILES string of the molecule is Cl.Cn1cc(N)c2ccccc2c1=O. The van der Waals surface area contributed by atoms with Crippen LogP contribution in [0.5, 0.6) is 0 Å². The van der Waals surface area contributed by atoms with E-state index in [0.717, 1.165) is 5.39 Å². The molecule has 2 N–H and O–H groups in total. The van der Waals surface area contributed by atoms with Gasteiger partial charge in [-0.05, 0) is 6.07 Å². The first-order valence-corrected chi connectivity index (χ1v) is 4.04. The van der Waals surface area contributed by atoms with Crippen molar-refractivity contribution in [3.05, 3.63) is 40.8 Å². The van der Waals surface area contributed by atoms with Crippen molar-refractivity contribution in [3.8, 4) is 0 Å². The van der Waals surface area contributed by atoms with E-state index < -0.39 is 0 Å². The van der Waals surface area contributed by atoms with Crippen LogP contribution in [-0.2, 0) is 7.05 Å². The first-order chi connectivity index (χ1) is 6.20. The summed E-state index contributed by atoms with van der Waals surface area (Å²) in [5.74, 6) is 0. The second-order valence-electron chi connectivity index (χ2n) is 3.05. The number of pyridine rings is 1. The van der Waals surface area contributed by atoms with Crippen LogP contribution in [0.4, 0.5) is 5.69 Å². The molecule has 1 aromatic heterocycles. The second-order valence-corrected chi connectivity index (χ2v) is 3.05. The van der Waals surface area contributed by atoms with E-state index in [0.29, 0.717) is 11.1 Å². The van der Waals surface area contributed by atoms with Gasteiger partial charge in [0.1, 0.15) is 0 Å². The van der Waals surface area contributed by atoms with Crippen LogP contribution in [0.25, 0.3) is 10.8 Å². The second kappa shape index (κ2) is 3.72. The van der Waals surface area contributed by atoms with Gasteiger partial charge in [-0.3, -0.25) is 4.79 Å². The molecule has 4 heteroatoms. The minimum atomic E-state index is -0.00944. The summed E-state index contributed by atoms with van der Waals surface area (Å²) < 4.78 is 1.50. The standard InChI is InChI=1S/C10H10N2O.ClH/c1-12-6-9(11)7-4-2-3-5-8(7)10(12)13;/h2-6H,11H2,1H3;1H. The van der Waals surface area contributed by atoms with E-state index in [1.165, 1.54) is 4.57 Å². The zero-order valence-electron chi connectivity index (χ0n) is 7.73. The van der Waals surface area contributed by atoms with Crippen molar-refractivity contribution in [2.24, 2.45) is 7.05 Å². The Hall–Kier alpha value is -1.48. The van der Waals surface area contributed by atoms with Gasteiger partial charge in [-0.15, -0.1) is 12.4 Å². The van der Waals surface area contributed by atoms with Gasteiger partial charge in [0.15, 0.2) is 0 Å². The molecule has 0 atom stereocenters. The molecule has 3 nitrogen and oxygen atoms in total. The predicted octanol–water partition coefficient (Wildman–Crippen LogP) is 1.54. The molecule has 0 amide bonds. The molecule has 14 heavy (non-hydrogen) atoms. The van der Waals surface area contributed by atoms with Crippen molar-refractivity contribution >= 4 is 28.9 Å². The van der Waals surface area contributed by atoms with Crippen molar-refractivity contribution in [2.75, 3.05) is 5.73 Å². The van der Waals surface area contributed by atoms with Crippen molar-refractivity contribution < 1.29 is 0 Å². The number of hydrogen-bond acceptors (Lipinski definition) is 2. The zero-order valence-corrected chi connectivity index (χ0v) is 8.54. The molecule has 0 saturated heterocycles. The van der Waals surface area contributed by atoms with Crippen LogP contribution in [0.3, 0.4) is 0 Å². The van der Waals surface area contributed by atoms with Gasteiger partial charge in [0, 0.05) is 24.0 Å². The average molecular weight is 211 g/mol. The maximum atomic E-state index is 11.6. The summed E-state index contributed by atoms with van der Waals surface area (Å²) in [7, 11) is 1.70. The normalized spacial score (nSPS) is 9.79. The van der Waals surface area contributed by atoms with Crippen LogP contribution in [0.15, 0.2) is 35.3 Å². The lowest BCUT2D eigenvalue weighted by Gasteiger charge is -2.03. The Labute approximate surface area is 87.6 Å². The smallest absolute Gasteiger partial charge is 0.258 e. The van der Waals surface area contributed by atoms with Gasteiger partial charge in [0.25, 0.3) is 5.56 Å². The average Bonchev–Trinajstić information content (AvgIpc) is 2.15. The van der Waals surface area contributed by atoms with Gasteiger partial charge in [-0.2, -0.15) is 0 Å². The van der Waals surface area contributed by atoms with Gasteiger partial charge in [-0.25, -0.2) is 0 Å². The van der Waals surface area contributed by atoms with Crippen LogP contribution in [0.2, 0.25) is 0 Å². The Balaban J connectivity index is 0.000000980. The van der Waals surface area contributed by atoms with Crippen molar-refractivity contribution in [2.45, 2.75) is 0 Å². The summed E-state index contributed by atoms with van der Waals surface area (Å²) in [6, 6.07) is 7.35. The van der Waals surface area contributed by atoms with Gasteiger partial charge in [-0.1, -0.05) is 18.2 Å². The largest absolute Gasteiger partial charge is 0.397 e. The van der Waals surface area contributed by atoms with E-state index in [4.69, 9.17) is 5.73 Å².